The summed E-state index contributed by atoms with van der Waals surface area (Å²) in [6, 6.07) is 4.84. The van der Waals surface area contributed by atoms with Gasteiger partial charge >= 0.3 is 0 Å². The van der Waals surface area contributed by atoms with E-state index in [0.29, 0.717) is 0 Å². The number of hydrogen-bond acceptors (Lipinski definition) is 4. The summed E-state index contributed by atoms with van der Waals surface area (Å²) in [6.07, 6.45) is 5.38. The molecule has 2 aliphatic rings. The molecule has 1 unspecified atom stereocenters. The van der Waals surface area contributed by atoms with Gasteiger partial charge < -0.3 is 10.1 Å². The van der Waals surface area contributed by atoms with Gasteiger partial charge in [0, 0.05) is 30.4 Å². The van der Waals surface area contributed by atoms with Crippen LogP contribution in [-0.4, -0.2) is 42.7 Å². The monoisotopic (exact) mass is 289 g/mol. The van der Waals surface area contributed by atoms with Crippen molar-refractivity contribution in [2.75, 3.05) is 26.7 Å². The van der Waals surface area contributed by atoms with Gasteiger partial charge in [-0.25, -0.2) is 0 Å². The van der Waals surface area contributed by atoms with Gasteiger partial charge in [-0.2, -0.15) is 0 Å². The highest BCUT2D eigenvalue weighted by Gasteiger charge is 2.28. The highest BCUT2D eigenvalue weighted by atomic mass is 16.5. The summed E-state index contributed by atoms with van der Waals surface area (Å²) in [5.74, 6) is 1.80. The minimum Gasteiger partial charge on any atom is -0.497 e. The summed E-state index contributed by atoms with van der Waals surface area (Å²) in [6.45, 7) is 6.59. The van der Waals surface area contributed by atoms with Crippen LogP contribution < -0.4 is 10.1 Å². The number of likely N-dealkylation sites (tertiary alicyclic amines) is 1. The van der Waals surface area contributed by atoms with Crippen molar-refractivity contribution in [1.29, 1.82) is 0 Å². The molecular weight excluding hydrogens is 262 g/mol. The van der Waals surface area contributed by atoms with Gasteiger partial charge in [0.2, 0.25) is 0 Å². The first-order valence-corrected chi connectivity index (χ1v) is 8.22. The molecule has 0 bridgehead atoms. The second kappa shape index (κ2) is 6.75. The Morgan fingerprint density at radius 3 is 2.76 bits per heavy atom. The maximum atomic E-state index is 5.34. The fraction of sp³-hybridized carbons (Fsp3) is 0.706. The Morgan fingerprint density at radius 2 is 2.10 bits per heavy atom. The zero-order chi connectivity index (χ0) is 14.7. The van der Waals surface area contributed by atoms with Crippen LogP contribution in [0.5, 0.6) is 5.75 Å². The largest absolute Gasteiger partial charge is 0.497 e. The van der Waals surface area contributed by atoms with Gasteiger partial charge in [0.05, 0.1) is 12.8 Å². The van der Waals surface area contributed by atoms with Crippen LogP contribution in [0, 0.1) is 12.8 Å². The van der Waals surface area contributed by atoms with Crippen LogP contribution in [0.2, 0.25) is 0 Å². The van der Waals surface area contributed by atoms with Crippen molar-refractivity contribution in [3.05, 3.63) is 23.5 Å². The normalized spacial score (nSPS) is 24.4. The number of ether oxygens (including phenoxy) is 1. The van der Waals surface area contributed by atoms with Crippen molar-refractivity contribution in [3.63, 3.8) is 0 Å². The van der Waals surface area contributed by atoms with Crippen LogP contribution in [-0.2, 0) is 6.54 Å². The third-order valence-corrected chi connectivity index (χ3v) is 4.90. The van der Waals surface area contributed by atoms with Crippen LogP contribution in [0.25, 0.3) is 0 Å². The summed E-state index contributed by atoms with van der Waals surface area (Å²) in [5.41, 5.74) is 2.17. The summed E-state index contributed by atoms with van der Waals surface area (Å²) < 4.78 is 5.34. The van der Waals surface area contributed by atoms with Gasteiger partial charge in [-0.05, 0) is 58.2 Å². The number of aryl methyl sites for hydroxylation is 1. The quantitative estimate of drug-likeness (QED) is 0.923. The lowest BCUT2D eigenvalue weighted by atomic mass is 9.88. The summed E-state index contributed by atoms with van der Waals surface area (Å²) in [4.78, 5) is 7.17. The molecule has 0 aliphatic carbocycles. The van der Waals surface area contributed by atoms with Crippen LogP contribution in [0.3, 0.4) is 0 Å². The van der Waals surface area contributed by atoms with Crippen LogP contribution in [0.15, 0.2) is 12.1 Å². The van der Waals surface area contributed by atoms with Crippen LogP contribution in [0.4, 0.5) is 0 Å². The number of nitrogens with zero attached hydrogens (tertiary/aromatic N) is 2. The summed E-state index contributed by atoms with van der Waals surface area (Å²) in [5, 5.41) is 3.67. The molecule has 1 aromatic rings. The first-order chi connectivity index (χ1) is 10.2. The predicted octanol–water partition coefficient (Wildman–Crippen LogP) is 2.36. The molecule has 0 aromatic carbocycles. The van der Waals surface area contributed by atoms with E-state index < -0.39 is 0 Å². The third kappa shape index (κ3) is 3.74. The Kier molecular flexibility index (Phi) is 4.76. The van der Waals surface area contributed by atoms with Crippen molar-refractivity contribution in [2.24, 2.45) is 5.92 Å². The van der Waals surface area contributed by atoms with E-state index in [4.69, 9.17) is 4.74 Å². The number of rotatable bonds is 4. The van der Waals surface area contributed by atoms with Crippen molar-refractivity contribution in [3.8, 4) is 5.75 Å². The van der Waals surface area contributed by atoms with Crippen molar-refractivity contribution in [1.82, 2.24) is 15.2 Å². The zero-order valence-corrected chi connectivity index (χ0v) is 13.3. The Labute approximate surface area is 127 Å². The molecule has 3 heterocycles. The second-order valence-corrected chi connectivity index (χ2v) is 6.46. The van der Waals surface area contributed by atoms with E-state index in [-0.39, 0.29) is 0 Å². The smallest absolute Gasteiger partial charge is 0.122 e. The van der Waals surface area contributed by atoms with Gasteiger partial charge in [0.25, 0.3) is 0 Å². The van der Waals surface area contributed by atoms with E-state index in [2.05, 4.69) is 21.3 Å². The minimum atomic E-state index is 0.782. The molecular formula is C17H27N3O. The number of aromatic nitrogens is 1. The first-order valence-electron chi connectivity index (χ1n) is 8.22. The summed E-state index contributed by atoms with van der Waals surface area (Å²) >= 11 is 0. The van der Waals surface area contributed by atoms with Gasteiger partial charge in [-0.15, -0.1) is 0 Å². The molecule has 116 valence electrons. The first kappa shape index (κ1) is 14.8. The molecule has 3 rings (SSSR count). The Hall–Kier alpha value is -1.13. The zero-order valence-electron chi connectivity index (χ0n) is 13.3. The Morgan fingerprint density at radius 1 is 1.29 bits per heavy atom. The number of piperidine rings is 1. The highest BCUT2D eigenvalue weighted by Crippen LogP contribution is 2.26. The van der Waals surface area contributed by atoms with Crippen LogP contribution >= 0.6 is 0 Å². The molecule has 1 aromatic heterocycles. The summed E-state index contributed by atoms with van der Waals surface area (Å²) in [7, 11) is 1.72. The molecule has 1 atom stereocenters. The molecule has 1 N–H and O–H groups in total. The number of methoxy groups -OCH3 is 1. The molecule has 4 nitrogen and oxygen atoms in total. The lowest BCUT2D eigenvalue weighted by Crippen LogP contribution is -2.40. The van der Waals surface area contributed by atoms with E-state index in [1.54, 1.807) is 7.11 Å². The molecule has 2 fully saturated rings. The maximum Gasteiger partial charge on any atom is 0.122 e. The minimum absolute atomic E-state index is 0.782. The number of pyridine rings is 1. The lowest BCUT2D eigenvalue weighted by Gasteiger charge is -2.34. The maximum absolute atomic E-state index is 5.34. The van der Waals surface area contributed by atoms with E-state index >= 15 is 0 Å². The van der Waals surface area contributed by atoms with Gasteiger partial charge in [0.1, 0.15) is 5.75 Å². The molecule has 0 amide bonds. The second-order valence-electron chi connectivity index (χ2n) is 6.46. The van der Waals surface area contributed by atoms with Crippen molar-refractivity contribution in [2.45, 2.75) is 45.2 Å². The van der Waals surface area contributed by atoms with Gasteiger partial charge in [-0.1, -0.05) is 0 Å². The SMILES string of the molecule is COc1cc(C)nc(CN2CCC(C3CCCN3)CC2)c1. The molecule has 2 aliphatic heterocycles. The fourth-order valence-electron chi connectivity index (χ4n) is 3.76. The Bertz CT molecular complexity index is 463. The lowest BCUT2D eigenvalue weighted by molar-refractivity contribution is 0.156. The van der Waals surface area contributed by atoms with E-state index in [1.807, 2.05) is 13.0 Å². The average molecular weight is 289 g/mol. The predicted molar refractivity (Wildman–Crippen MR) is 84.6 cm³/mol. The highest BCUT2D eigenvalue weighted by molar-refractivity contribution is 5.26. The molecule has 0 saturated carbocycles. The molecule has 2 saturated heterocycles. The number of nitrogens with one attached hydrogen (secondary N) is 1. The van der Waals surface area contributed by atoms with Crippen molar-refractivity contribution >= 4 is 0 Å². The Balaban J connectivity index is 1.54. The van der Waals surface area contributed by atoms with E-state index in [0.717, 1.165) is 35.6 Å². The third-order valence-electron chi connectivity index (χ3n) is 4.90. The molecule has 4 heteroatoms. The van der Waals surface area contributed by atoms with Gasteiger partial charge in [-0.3, -0.25) is 9.88 Å². The van der Waals surface area contributed by atoms with E-state index in [9.17, 15) is 0 Å². The number of hydrogen-bond donors (Lipinski definition) is 1. The molecule has 21 heavy (non-hydrogen) atoms. The molecule has 0 spiro atoms. The van der Waals surface area contributed by atoms with Crippen LogP contribution in [0.1, 0.15) is 37.1 Å². The van der Waals surface area contributed by atoms with Crippen molar-refractivity contribution < 1.29 is 4.74 Å². The standard InChI is InChI=1S/C17H27N3O/c1-13-10-16(21-2)11-15(19-13)12-20-8-5-14(6-9-20)17-4-3-7-18-17/h10-11,14,17-18H,3-9,12H2,1-2H3. The fourth-order valence-corrected chi connectivity index (χ4v) is 3.76. The molecule has 0 radical (unpaired) electrons. The average Bonchev–Trinajstić information content (AvgIpc) is 3.01. The topological polar surface area (TPSA) is 37.4 Å². The van der Waals surface area contributed by atoms with E-state index in [1.165, 1.54) is 45.3 Å². The van der Waals surface area contributed by atoms with Gasteiger partial charge in [0.15, 0.2) is 0 Å².